The Morgan fingerprint density at radius 1 is 1.21 bits per heavy atom. The van der Waals surface area contributed by atoms with Crippen LogP contribution in [-0.2, 0) is 11.3 Å². The van der Waals surface area contributed by atoms with Gasteiger partial charge in [0.2, 0.25) is 5.91 Å². The molecule has 3 nitrogen and oxygen atoms in total. The first-order valence-corrected chi connectivity index (χ1v) is 9.15. The first-order valence-electron chi connectivity index (χ1n) is 7.89. The van der Waals surface area contributed by atoms with Crippen LogP contribution in [0.1, 0.15) is 19.4 Å². The maximum absolute atomic E-state index is 12.6. The van der Waals surface area contributed by atoms with Crippen LogP contribution in [0.15, 0.2) is 53.4 Å². The summed E-state index contributed by atoms with van der Waals surface area (Å²) in [5, 5.41) is 0.526. The molecule has 0 saturated carbocycles. The minimum absolute atomic E-state index is 0.0845. The van der Waals surface area contributed by atoms with Gasteiger partial charge >= 0.3 is 0 Å². The van der Waals surface area contributed by atoms with Gasteiger partial charge in [-0.3, -0.25) is 4.79 Å². The second-order valence-corrected chi connectivity index (χ2v) is 7.30. The highest BCUT2D eigenvalue weighted by atomic mass is 35.5. The fourth-order valence-corrected chi connectivity index (χ4v) is 3.45. The molecule has 0 aliphatic heterocycles. The number of hydrogen-bond acceptors (Lipinski definition) is 3. The van der Waals surface area contributed by atoms with Crippen molar-refractivity contribution in [3.8, 4) is 5.75 Å². The number of carbonyl (C=O) groups is 1. The lowest BCUT2D eigenvalue weighted by Crippen LogP contribution is -2.32. The Morgan fingerprint density at radius 2 is 1.88 bits per heavy atom. The summed E-state index contributed by atoms with van der Waals surface area (Å²) in [5.41, 5.74) is 1.01. The van der Waals surface area contributed by atoms with E-state index in [4.69, 9.17) is 16.3 Å². The number of rotatable bonds is 7. The normalized spacial score (nSPS) is 11.8. The van der Waals surface area contributed by atoms with Gasteiger partial charge in [-0.25, -0.2) is 0 Å². The first kappa shape index (κ1) is 18.7. The van der Waals surface area contributed by atoms with E-state index < -0.39 is 0 Å². The number of amides is 1. The molecule has 2 aromatic carbocycles. The summed E-state index contributed by atoms with van der Waals surface area (Å²) in [6, 6.07) is 15.4. The van der Waals surface area contributed by atoms with Gasteiger partial charge in [-0.2, -0.15) is 0 Å². The maximum atomic E-state index is 12.6. The van der Waals surface area contributed by atoms with Crippen molar-refractivity contribution in [1.82, 2.24) is 4.90 Å². The van der Waals surface area contributed by atoms with Gasteiger partial charge in [-0.15, -0.1) is 11.8 Å². The summed E-state index contributed by atoms with van der Waals surface area (Å²) < 4.78 is 5.63. The van der Waals surface area contributed by atoms with Crippen molar-refractivity contribution in [3.63, 3.8) is 0 Å². The van der Waals surface area contributed by atoms with Crippen molar-refractivity contribution in [2.45, 2.75) is 30.5 Å². The van der Waals surface area contributed by atoms with Crippen LogP contribution in [0.5, 0.6) is 5.75 Å². The van der Waals surface area contributed by atoms with E-state index in [1.165, 1.54) is 11.8 Å². The van der Waals surface area contributed by atoms with Crippen molar-refractivity contribution in [2.24, 2.45) is 0 Å². The summed E-state index contributed by atoms with van der Waals surface area (Å²) >= 11 is 7.43. The van der Waals surface area contributed by atoms with E-state index in [9.17, 15) is 4.79 Å². The van der Waals surface area contributed by atoms with E-state index in [2.05, 4.69) is 0 Å². The van der Waals surface area contributed by atoms with Crippen LogP contribution >= 0.6 is 23.4 Å². The second kappa shape index (κ2) is 9.00. The zero-order chi connectivity index (χ0) is 17.5. The van der Waals surface area contributed by atoms with E-state index in [0.29, 0.717) is 18.2 Å². The topological polar surface area (TPSA) is 29.5 Å². The third-order valence-electron chi connectivity index (χ3n) is 3.53. The number of carbonyl (C=O) groups excluding carboxylic acids is 1. The molecular weight excluding hydrogens is 342 g/mol. The summed E-state index contributed by atoms with van der Waals surface area (Å²) in [7, 11) is 1.82. The van der Waals surface area contributed by atoms with E-state index >= 15 is 0 Å². The molecule has 0 spiro atoms. The van der Waals surface area contributed by atoms with Crippen LogP contribution in [-0.4, -0.2) is 29.7 Å². The highest BCUT2D eigenvalue weighted by molar-refractivity contribution is 8.00. The fraction of sp³-hybridized carbons (Fsp3) is 0.316. The molecule has 2 rings (SSSR count). The van der Waals surface area contributed by atoms with Crippen molar-refractivity contribution in [1.29, 1.82) is 0 Å². The molecule has 1 atom stereocenters. The quantitative estimate of drug-likeness (QED) is 0.657. The molecule has 0 aliphatic rings. The molecule has 1 amide bonds. The number of hydrogen-bond donors (Lipinski definition) is 0. The van der Waals surface area contributed by atoms with Crippen LogP contribution in [0.2, 0.25) is 5.02 Å². The minimum atomic E-state index is -0.171. The predicted octanol–water partition coefficient (Wildman–Crippen LogP) is 4.88. The van der Waals surface area contributed by atoms with Crippen molar-refractivity contribution >= 4 is 29.3 Å². The molecule has 24 heavy (non-hydrogen) atoms. The van der Waals surface area contributed by atoms with Crippen molar-refractivity contribution in [3.05, 3.63) is 59.1 Å². The van der Waals surface area contributed by atoms with Crippen LogP contribution in [0.25, 0.3) is 0 Å². The minimum Gasteiger partial charge on any atom is -0.494 e. The van der Waals surface area contributed by atoms with Gasteiger partial charge < -0.3 is 9.64 Å². The highest BCUT2D eigenvalue weighted by Crippen LogP contribution is 2.26. The Bertz CT molecular complexity index is 675. The number of nitrogens with zero attached hydrogens (tertiary/aromatic N) is 1. The molecule has 0 saturated heterocycles. The molecule has 0 N–H and O–H groups in total. The Hall–Kier alpha value is -1.65. The summed E-state index contributed by atoms with van der Waals surface area (Å²) in [6.45, 7) is 5.01. The van der Waals surface area contributed by atoms with Gasteiger partial charge in [0, 0.05) is 29.1 Å². The zero-order valence-corrected chi connectivity index (χ0v) is 15.7. The van der Waals surface area contributed by atoms with Gasteiger partial charge in [-0.1, -0.05) is 29.8 Å². The zero-order valence-electron chi connectivity index (χ0n) is 14.2. The Morgan fingerprint density at radius 3 is 2.54 bits per heavy atom. The standard InChI is InChI=1S/C19H22ClNO2S/c1-4-23-18-8-6-5-7-15(18)13-21(3)19(22)14(2)24-17-11-9-16(20)10-12-17/h5-12,14H,4,13H2,1-3H3. The Balaban J connectivity index is 1.99. The summed E-state index contributed by atoms with van der Waals surface area (Å²) in [6.07, 6.45) is 0. The molecule has 0 bridgehead atoms. The molecule has 128 valence electrons. The average Bonchev–Trinajstić information content (AvgIpc) is 2.58. The molecule has 0 aromatic heterocycles. The number of benzene rings is 2. The van der Waals surface area contributed by atoms with Crippen LogP contribution in [0, 0.1) is 0 Å². The number of para-hydroxylation sites is 1. The van der Waals surface area contributed by atoms with Gasteiger partial charge in [0.05, 0.1) is 11.9 Å². The monoisotopic (exact) mass is 363 g/mol. The molecule has 0 heterocycles. The van der Waals surface area contributed by atoms with E-state index in [-0.39, 0.29) is 11.2 Å². The number of halogens is 1. The van der Waals surface area contributed by atoms with Crippen LogP contribution < -0.4 is 4.74 Å². The number of ether oxygens (including phenoxy) is 1. The lowest BCUT2D eigenvalue weighted by atomic mass is 10.2. The van der Waals surface area contributed by atoms with E-state index in [1.54, 1.807) is 4.90 Å². The molecule has 2 aromatic rings. The smallest absolute Gasteiger partial charge is 0.235 e. The van der Waals surface area contributed by atoms with Crippen molar-refractivity contribution in [2.75, 3.05) is 13.7 Å². The molecule has 0 fully saturated rings. The van der Waals surface area contributed by atoms with E-state index in [0.717, 1.165) is 16.2 Å². The second-order valence-electron chi connectivity index (χ2n) is 5.45. The average molecular weight is 364 g/mol. The molecular formula is C19H22ClNO2S. The van der Waals surface area contributed by atoms with Gasteiger partial charge in [0.25, 0.3) is 0 Å². The predicted molar refractivity (Wildman–Crippen MR) is 101 cm³/mol. The van der Waals surface area contributed by atoms with Gasteiger partial charge in [0.15, 0.2) is 0 Å². The molecule has 1 unspecified atom stereocenters. The van der Waals surface area contributed by atoms with Gasteiger partial charge in [0.1, 0.15) is 5.75 Å². The third-order valence-corrected chi connectivity index (χ3v) is 4.88. The highest BCUT2D eigenvalue weighted by Gasteiger charge is 2.19. The lowest BCUT2D eigenvalue weighted by molar-refractivity contribution is -0.129. The number of thioether (sulfide) groups is 1. The lowest BCUT2D eigenvalue weighted by Gasteiger charge is -2.22. The van der Waals surface area contributed by atoms with Crippen LogP contribution in [0.3, 0.4) is 0 Å². The third kappa shape index (κ3) is 5.18. The van der Waals surface area contributed by atoms with Crippen molar-refractivity contribution < 1.29 is 9.53 Å². The largest absolute Gasteiger partial charge is 0.494 e. The maximum Gasteiger partial charge on any atom is 0.235 e. The Labute approximate surface area is 153 Å². The molecule has 0 aliphatic carbocycles. The molecule has 5 heteroatoms. The summed E-state index contributed by atoms with van der Waals surface area (Å²) in [4.78, 5) is 15.4. The fourth-order valence-electron chi connectivity index (χ4n) is 2.34. The molecule has 0 radical (unpaired) electrons. The SMILES string of the molecule is CCOc1ccccc1CN(C)C(=O)C(C)Sc1ccc(Cl)cc1. The Kier molecular flexibility index (Phi) is 7.00. The van der Waals surface area contributed by atoms with Gasteiger partial charge in [-0.05, 0) is 44.2 Å². The van der Waals surface area contributed by atoms with E-state index in [1.807, 2.05) is 69.4 Å². The summed E-state index contributed by atoms with van der Waals surface area (Å²) in [5.74, 6) is 0.916. The first-order chi connectivity index (χ1) is 11.5. The van der Waals surface area contributed by atoms with Crippen LogP contribution in [0.4, 0.5) is 0 Å².